The molecule has 2 N–H and O–H groups in total. The summed E-state index contributed by atoms with van der Waals surface area (Å²) in [7, 11) is -1.04. The lowest BCUT2D eigenvalue weighted by molar-refractivity contribution is 0.601. The van der Waals surface area contributed by atoms with Gasteiger partial charge in [0.25, 0.3) is 0 Å². The number of nitrogens with two attached hydrogens (primary N) is 1. The third kappa shape index (κ3) is 4.36. The summed E-state index contributed by atoms with van der Waals surface area (Å²) in [4.78, 5) is 1.94. The van der Waals surface area contributed by atoms with E-state index in [0.29, 0.717) is 13.1 Å². The van der Waals surface area contributed by atoms with Crippen LogP contribution in [0, 0.1) is 6.92 Å². The van der Waals surface area contributed by atoms with Crippen LogP contribution in [-0.4, -0.2) is 34.0 Å². The van der Waals surface area contributed by atoms with E-state index in [1.165, 1.54) is 6.26 Å². The minimum Gasteiger partial charge on any atom is -0.373 e. The summed E-state index contributed by atoms with van der Waals surface area (Å²) in [6.45, 7) is 2.95. The van der Waals surface area contributed by atoms with Crippen molar-refractivity contribution < 1.29 is 8.42 Å². The zero-order valence-electron chi connectivity index (χ0n) is 10.6. The third-order valence-electron chi connectivity index (χ3n) is 2.67. The molecule has 0 aliphatic carbocycles. The molecule has 0 bridgehead atoms. The molecule has 1 aromatic rings. The second-order valence-electron chi connectivity index (χ2n) is 4.39. The average Bonchev–Trinajstić information content (AvgIpc) is 2.25. The maximum atomic E-state index is 11.1. The fourth-order valence-electron chi connectivity index (χ4n) is 1.63. The molecule has 0 saturated carbocycles. The zero-order valence-corrected chi connectivity index (χ0v) is 11.4. The van der Waals surface area contributed by atoms with Crippen LogP contribution in [0.5, 0.6) is 0 Å². The molecule has 0 aliphatic rings. The molecule has 0 unspecified atom stereocenters. The van der Waals surface area contributed by atoms with Crippen LogP contribution in [0.25, 0.3) is 0 Å². The molecule has 0 heterocycles. The van der Waals surface area contributed by atoms with Gasteiger partial charge in [-0.25, -0.2) is 8.42 Å². The fraction of sp³-hybridized carbons (Fsp3) is 0.500. The molecule has 0 aliphatic heterocycles. The van der Waals surface area contributed by atoms with Crippen molar-refractivity contribution in [3.8, 4) is 0 Å². The minimum absolute atomic E-state index is 0.154. The Morgan fingerprint density at radius 2 is 2.00 bits per heavy atom. The van der Waals surface area contributed by atoms with Crippen molar-refractivity contribution in [2.45, 2.75) is 13.5 Å². The first kappa shape index (κ1) is 14.0. The Kier molecular flexibility index (Phi) is 4.54. The number of anilines is 1. The topological polar surface area (TPSA) is 63.4 Å². The molecule has 96 valence electrons. The number of nitrogens with zero attached hydrogens (tertiary/aromatic N) is 1. The van der Waals surface area contributed by atoms with E-state index in [2.05, 4.69) is 0 Å². The Balaban J connectivity index is 2.87. The van der Waals surface area contributed by atoms with Crippen LogP contribution in [0.4, 0.5) is 5.69 Å². The summed E-state index contributed by atoms with van der Waals surface area (Å²) in [5.74, 6) is 0.154. The van der Waals surface area contributed by atoms with E-state index < -0.39 is 9.84 Å². The minimum atomic E-state index is -2.93. The lowest BCUT2D eigenvalue weighted by atomic mass is 10.1. The number of aryl methyl sites for hydroxylation is 1. The first-order chi connectivity index (χ1) is 7.83. The van der Waals surface area contributed by atoms with E-state index in [0.717, 1.165) is 16.8 Å². The number of benzene rings is 1. The molecule has 1 aromatic carbocycles. The van der Waals surface area contributed by atoms with Gasteiger partial charge in [-0.2, -0.15) is 0 Å². The Hall–Kier alpha value is -1.07. The summed E-state index contributed by atoms with van der Waals surface area (Å²) in [6.07, 6.45) is 1.25. The molecule has 0 aromatic heterocycles. The van der Waals surface area contributed by atoms with Gasteiger partial charge in [-0.15, -0.1) is 0 Å². The highest BCUT2D eigenvalue weighted by molar-refractivity contribution is 7.90. The average molecular weight is 256 g/mol. The molecule has 0 fully saturated rings. The van der Waals surface area contributed by atoms with Crippen molar-refractivity contribution in [3.63, 3.8) is 0 Å². The van der Waals surface area contributed by atoms with Gasteiger partial charge in [-0.05, 0) is 24.1 Å². The normalized spacial score (nSPS) is 11.5. The fourth-order valence-corrected chi connectivity index (χ4v) is 2.23. The SMILES string of the molecule is Cc1ccc(CN)c(N(C)CCS(C)(=O)=O)c1. The van der Waals surface area contributed by atoms with Crippen molar-refractivity contribution in [2.75, 3.05) is 30.5 Å². The molecule has 5 heteroatoms. The maximum absolute atomic E-state index is 11.1. The van der Waals surface area contributed by atoms with Gasteiger partial charge < -0.3 is 10.6 Å². The molecule has 0 amide bonds. The lowest BCUT2D eigenvalue weighted by Gasteiger charge is -2.22. The molecule has 0 spiro atoms. The smallest absolute Gasteiger partial charge is 0.149 e. The van der Waals surface area contributed by atoms with E-state index >= 15 is 0 Å². The first-order valence-electron chi connectivity index (χ1n) is 5.52. The Labute approximate surface area is 103 Å². The van der Waals surface area contributed by atoms with Crippen LogP contribution < -0.4 is 10.6 Å². The molecule has 4 nitrogen and oxygen atoms in total. The first-order valence-corrected chi connectivity index (χ1v) is 7.58. The molecular formula is C12H20N2O2S. The van der Waals surface area contributed by atoms with Crippen molar-refractivity contribution in [1.82, 2.24) is 0 Å². The summed E-state index contributed by atoms with van der Waals surface area (Å²) in [6, 6.07) is 6.03. The number of hydrogen-bond donors (Lipinski definition) is 1. The summed E-state index contributed by atoms with van der Waals surface area (Å²) in [5, 5.41) is 0. The second-order valence-corrected chi connectivity index (χ2v) is 6.65. The second kappa shape index (κ2) is 5.51. The van der Waals surface area contributed by atoms with E-state index in [-0.39, 0.29) is 5.75 Å². The monoisotopic (exact) mass is 256 g/mol. The quantitative estimate of drug-likeness (QED) is 0.851. The summed E-state index contributed by atoms with van der Waals surface area (Å²) >= 11 is 0. The number of sulfone groups is 1. The van der Waals surface area contributed by atoms with E-state index in [1.54, 1.807) is 0 Å². The Morgan fingerprint density at radius 3 is 2.53 bits per heavy atom. The van der Waals surface area contributed by atoms with Crippen LogP contribution in [0.1, 0.15) is 11.1 Å². The van der Waals surface area contributed by atoms with E-state index in [1.807, 2.05) is 37.1 Å². The van der Waals surface area contributed by atoms with Crippen molar-refractivity contribution in [1.29, 1.82) is 0 Å². The highest BCUT2D eigenvalue weighted by Gasteiger charge is 2.09. The van der Waals surface area contributed by atoms with Gasteiger partial charge in [-0.1, -0.05) is 12.1 Å². The molecule has 1 rings (SSSR count). The molecule has 0 radical (unpaired) electrons. The third-order valence-corrected chi connectivity index (χ3v) is 3.59. The van der Waals surface area contributed by atoms with Gasteiger partial charge in [0.1, 0.15) is 9.84 Å². The Bertz CT molecular complexity index is 483. The number of hydrogen-bond acceptors (Lipinski definition) is 4. The van der Waals surface area contributed by atoms with Gasteiger partial charge in [-0.3, -0.25) is 0 Å². The van der Waals surface area contributed by atoms with Gasteiger partial charge in [0.15, 0.2) is 0 Å². The molecule has 0 saturated heterocycles. The number of rotatable bonds is 5. The van der Waals surface area contributed by atoms with Crippen LogP contribution in [0.15, 0.2) is 18.2 Å². The van der Waals surface area contributed by atoms with Crippen LogP contribution in [-0.2, 0) is 16.4 Å². The van der Waals surface area contributed by atoms with Gasteiger partial charge in [0.2, 0.25) is 0 Å². The standard InChI is InChI=1S/C12H20N2O2S/c1-10-4-5-11(9-13)12(8-10)14(2)6-7-17(3,15)16/h4-5,8H,6-7,9,13H2,1-3H3. The van der Waals surface area contributed by atoms with Crippen LogP contribution in [0.3, 0.4) is 0 Å². The predicted octanol–water partition coefficient (Wildman–Crippen LogP) is 0.935. The highest BCUT2D eigenvalue weighted by atomic mass is 32.2. The molecule has 0 atom stereocenters. The van der Waals surface area contributed by atoms with Gasteiger partial charge in [0.05, 0.1) is 5.75 Å². The zero-order chi connectivity index (χ0) is 13.1. The van der Waals surface area contributed by atoms with Crippen molar-refractivity contribution >= 4 is 15.5 Å². The largest absolute Gasteiger partial charge is 0.373 e. The maximum Gasteiger partial charge on any atom is 0.149 e. The molecule has 17 heavy (non-hydrogen) atoms. The van der Waals surface area contributed by atoms with Crippen molar-refractivity contribution in [3.05, 3.63) is 29.3 Å². The van der Waals surface area contributed by atoms with Gasteiger partial charge >= 0.3 is 0 Å². The van der Waals surface area contributed by atoms with E-state index in [4.69, 9.17) is 5.73 Å². The van der Waals surface area contributed by atoms with Crippen LogP contribution in [0.2, 0.25) is 0 Å². The summed E-state index contributed by atoms with van der Waals surface area (Å²) < 4.78 is 22.3. The highest BCUT2D eigenvalue weighted by Crippen LogP contribution is 2.20. The molecular weight excluding hydrogens is 236 g/mol. The Morgan fingerprint density at radius 1 is 1.35 bits per heavy atom. The van der Waals surface area contributed by atoms with Crippen molar-refractivity contribution in [2.24, 2.45) is 5.73 Å². The predicted molar refractivity (Wildman–Crippen MR) is 72.1 cm³/mol. The summed E-state index contributed by atoms with van der Waals surface area (Å²) in [5.41, 5.74) is 8.86. The van der Waals surface area contributed by atoms with Crippen LogP contribution >= 0.6 is 0 Å². The van der Waals surface area contributed by atoms with Gasteiger partial charge in [0, 0.05) is 32.1 Å². The lowest BCUT2D eigenvalue weighted by Crippen LogP contribution is -2.26. The van der Waals surface area contributed by atoms with E-state index in [9.17, 15) is 8.42 Å².